The van der Waals surface area contributed by atoms with Crippen LogP contribution in [0.2, 0.25) is 10.0 Å². The maximum atomic E-state index is 6.21. The van der Waals surface area contributed by atoms with E-state index in [4.69, 9.17) is 29.0 Å². The first-order chi connectivity index (χ1) is 9.19. The zero-order valence-electron chi connectivity index (χ0n) is 9.98. The molecule has 8 heteroatoms. The lowest BCUT2D eigenvalue weighted by atomic mass is 10.3. The highest BCUT2D eigenvalue weighted by Gasteiger charge is 2.21. The average molecular weight is 299 g/mol. The van der Waals surface area contributed by atoms with E-state index in [2.05, 4.69) is 24.9 Å². The number of aromatic nitrogens is 3. The Kier molecular flexibility index (Phi) is 3.22. The number of nitrogens with one attached hydrogen (secondary N) is 1. The number of anilines is 2. The molecule has 2 aromatic heterocycles. The van der Waals surface area contributed by atoms with Gasteiger partial charge in [0, 0.05) is 25.5 Å². The minimum Gasteiger partial charge on any atom is -0.346 e. The number of imidazole rings is 1. The van der Waals surface area contributed by atoms with E-state index in [1.807, 2.05) is 6.20 Å². The Labute approximate surface area is 120 Å². The molecule has 1 aliphatic rings. The van der Waals surface area contributed by atoms with Gasteiger partial charge < -0.3 is 14.9 Å². The summed E-state index contributed by atoms with van der Waals surface area (Å²) in [4.78, 5) is 10.7. The van der Waals surface area contributed by atoms with Gasteiger partial charge in [0.2, 0.25) is 0 Å². The third-order valence-electron chi connectivity index (χ3n) is 3.09. The Hall–Kier alpha value is -1.50. The maximum absolute atomic E-state index is 6.21. The molecule has 0 aromatic carbocycles. The molecule has 0 fully saturated rings. The van der Waals surface area contributed by atoms with Crippen molar-refractivity contribution in [2.45, 2.75) is 13.1 Å². The average Bonchev–Trinajstić information content (AvgIpc) is 2.86. The van der Waals surface area contributed by atoms with E-state index < -0.39 is 0 Å². The topological polar surface area (TPSA) is 72.0 Å². The summed E-state index contributed by atoms with van der Waals surface area (Å²) in [6, 6.07) is 1.64. The van der Waals surface area contributed by atoms with Gasteiger partial charge in [-0.25, -0.2) is 15.8 Å². The molecule has 100 valence electrons. The van der Waals surface area contributed by atoms with E-state index in [9.17, 15) is 0 Å². The standard InChI is InChI=1S/C11H12Cl2N6/c12-7-5-8(13)11(16-10(7)17-14)19-4-3-18-2-1-15-9(18)6-19/h1-2,5H,3-4,6,14H2,(H,16,17). The molecule has 0 saturated carbocycles. The van der Waals surface area contributed by atoms with Crippen LogP contribution in [0.1, 0.15) is 5.82 Å². The van der Waals surface area contributed by atoms with Gasteiger partial charge in [-0.3, -0.25) is 0 Å². The summed E-state index contributed by atoms with van der Waals surface area (Å²) in [5.41, 5.74) is 2.47. The lowest BCUT2D eigenvalue weighted by molar-refractivity contribution is 0.556. The molecule has 6 nitrogen and oxygen atoms in total. The highest BCUT2D eigenvalue weighted by atomic mass is 35.5. The number of fused-ring (bicyclic) bond motifs is 1. The van der Waals surface area contributed by atoms with Crippen molar-refractivity contribution in [3.8, 4) is 0 Å². The van der Waals surface area contributed by atoms with E-state index in [1.54, 1.807) is 12.3 Å². The summed E-state index contributed by atoms with van der Waals surface area (Å²) in [7, 11) is 0. The number of nitrogens with two attached hydrogens (primary N) is 1. The molecule has 0 spiro atoms. The molecule has 0 atom stereocenters. The number of rotatable bonds is 2. The minimum absolute atomic E-state index is 0.398. The van der Waals surface area contributed by atoms with Crippen molar-refractivity contribution >= 4 is 34.8 Å². The van der Waals surface area contributed by atoms with E-state index in [-0.39, 0.29) is 0 Å². The predicted molar refractivity (Wildman–Crippen MR) is 75.3 cm³/mol. The van der Waals surface area contributed by atoms with E-state index in [0.717, 1.165) is 18.9 Å². The second-order valence-electron chi connectivity index (χ2n) is 4.23. The second kappa shape index (κ2) is 4.88. The first-order valence-corrected chi connectivity index (χ1v) is 6.52. The zero-order chi connectivity index (χ0) is 13.4. The molecule has 0 aliphatic carbocycles. The van der Waals surface area contributed by atoms with Crippen LogP contribution in [0.25, 0.3) is 0 Å². The Morgan fingerprint density at radius 1 is 1.26 bits per heavy atom. The van der Waals surface area contributed by atoms with Crippen molar-refractivity contribution < 1.29 is 0 Å². The Bertz CT molecular complexity index is 611. The third-order valence-corrected chi connectivity index (χ3v) is 3.66. The van der Waals surface area contributed by atoms with Gasteiger partial charge in [-0.1, -0.05) is 23.2 Å². The van der Waals surface area contributed by atoms with Gasteiger partial charge in [-0.2, -0.15) is 0 Å². The largest absolute Gasteiger partial charge is 0.346 e. The Morgan fingerprint density at radius 3 is 2.89 bits per heavy atom. The molecule has 19 heavy (non-hydrogen) atoms. The third kappa shape index (κ3) is 2.22. The minimum atomic E-state index is 0.398. The fourth-order valence-electron chi connectivity index (χ4n) is 2.13. The van der Waals surface area contributed by atoms with Crippen LogP contribution >= 0.6 is 23.2 Å². The van der Waals surface area contributed by atoms with Crippen molar-refractivity contribution in [3.05, 3.63) is 34.3 Å². The van der Waals surface area contributed by atoms with Crippen molar-refractivity contribution in [2.24, 2.45) is 5.84 Å². The predicted octanol–water partition coefficient (Wildman–Crippen LogP) is 1.89. The summed E-state index contributed by atoms with van der Waals surface area (Å²) in [6.07, 6.45) is 3.76. The summed E-state index contributed by atoms with van der Waals surface area (Å²) in [5, 5.41) is 0.902. The summed E-state index contributed by atoms with van der Waals surface area (Å²) < 4.78 is 2.11. The van der Waals surface area contributed by atoms with E-state index in [1.165, 1.54) is 0 Å². The van der Waals surface area contributed by atoms with E-state index >= 15 is 0 Å². The van der Waals surface area contributed by atoms with Crippen LogP contribution in [0.5, 0.6) is 0 Å². The number of halogens is 2. The summed E-state index contributed by atoms with van der Waals surface area (Å²) in [6.45, 7) is 2.31. The monoisotopic (exact) mass is 298 g/mol. The molecule has 3 N–H and O–H groups in total. The van der Waals surface area contributed by atoms with Crippen LogP contribution in [-0.4, -0.2) is 21.1 Å². The van der Waals surface area contributed by atoms with Crippen LogP contribution in [0, 0.1) is 0 Å². The maximum Gasteiger partial charge on any atom is 0.161 e. The van der Waals surface area contributed by atoms with Crippen molar-refractivity contribution in [3.63, 3.8) is 0 Å². The van der Waals surface area contributed by atoms with Gasteiger partial charge in [-0.15, -0.1) is 0 Å². The van der Waals surface area contributed by atoms with Crippen molar-refractivity contribution in [1.82, 2.24) is 14.5 Å². The second-order valence-corrected chi connectivity index (χ2v) is 5.04. The fourth-order valence-corrected chi connectivity index (χ4v) is 2.67. The highest BCUT2D eigenvalue weighted by molar-refractivity contribution is 6.37. The number of nitrogen functional groups attached to an aromatic ring is 1. The fraction of sp³-hybridized carbons (Fsp3) is 0.273. The zero-order valence-corrected chi connectivity index (χ0v) is 11.5. The molecule has 3 rings (SSSR count). The van der Waals surface area contributed by atoms with Crippen molar-refractivity contribution in [2.75, 3.05) is 16.9 Å². The molecule has 3 heterocycles. The summed E-state index contributed by atoms with van der Waals surface area (Å²) >= 11 is 12.2. The Balaban J connectivity index is 1.95. The molecule has 1 aliphatic heterocycles. The first kappa shape index (κ1) is 12.5. The van der Waals surface area contributed by atoms with Gasteiger partial charge in [0.05, 0.1) is 16.6 Å². The van der Waals surface area contributed by atoms with Crippen LogP contribution in [0.15, 0.2) is 18.5 Å². The Morgan fingerprint density at radius 2 is 2.11 bits per heavy atom. The molecule has 0 saturated heterocycles. The first-order valence-electron chi connectivity index (χ1n) is 5.76. The number of pyridine rings is 1. The molecule has 0 unspecified atom stereocenters. The number of hydrazine groups is 1. The van der Waals surface area contributed by atoms with E-state index in [0.29, 0.717) is 28.2 Å². The number of hydrogen-bond acceptors (Lipinski definition) is 5. The molecule has 2 aromatic rings. The van der Waals surface area contributed by atoms with Gasteiger partial charge in [0.1, 0.15) is 11.6 Å². The van der Waals surface area contributed by atoms with Crippen molar-refractivity contribution in [1.29, 1.82) is 0 Å². The molecule has 0 radical (unpaired) electrons. The van der Waals surface area contributed by atoms with Crippen LogP contribution in [-0.2, 0) is 13.1 Å². The van der Waals surface area contributed by atoms with Gasteiger partial charge >= 0.3 is 0 Å². The highest BCUT2D eigenvalue weighted by Crippen LogP contribution is 2.32. The SMILES string of the molecule is NNc1nc(N2CCn3ccnc3C2)c(Cl)cc1Cl. The molecule has 0 bridgehead atoms. The van der Waals surface area contributed by atoms with Crippen LogP contribution < -0.4 is 16.2 Å². The number of hydrogen-bond donors (Lipinski definition) is 2. The lowest BCUT2D eigenvalue weighted by Gasteiger charge is -2.29. The molecular weight excluding hydrogens is 287 g/mol. The molecular formula is C11H12Cl2N6. The van der Waals surface area contributed by atoms with Crippen LogP contribution in [0.3, 0.4) is 0 Å². The normalized spacial score (nSPS) is 14.4. The lowest BCUT2D eigenvalue weighted by Crippen LogP contribution is -2.34. The van der Waals surface area contributed by atoms with Gasteiger partial charge in [-0.05, 0) is 6.07 Å². The summed E-state index contributed by atoms with van der Waals surface area (Å²) in [5.74, 6) is 7.44. The smallest absolute Gasteiger partial charge is 0.161 e. The quantitative estimate of drug-likeness (QED) is 0.654. The van der Waals surface area contributed by atoms with Crippen LogP contribution in [0.4, 0.5) is 11.6 Å². The number of nitrogens with zero attached hydrogens (tertiary/aromatic N) is 4. The van der Waals surface area contributed by atoms with Gasteiger partial charge in [0.25, 0.3) is 0 Å². The molecule has 0 amide bonds. The van der Waals surface area contributed by atoms with Gasteiger partial charge in [0.15, 0.2) is 5.82 Å².